The molecule has 3 rings (SSSR count). The van der Waals surface area contributed by atoms with Crippen LogP contribution in [0.2, 0.25) is 0 Å². The van der Waals surface area contributed by atoms with E-state index in [1.807, 2.05) is 25.1 Å². The largest absolute Gasteiger partial charge is 0.467 e. The number of aryl methyl sites for hydroxylation is 1. The van der Waals surface area contributed by atoms with E-state index in [0.29, 0.717) is 19.8 Å². The number of furan rings is 1. The maximum absolute atomic E-state index is 10.1. The molecule has 0 radical (unpaired) electrons. The Bertz CT molecular complexity index is 591. The van der Waals surface area contributed by atoms with E-state index in [1.54, 1.807) is 6.26 Å². The second kappa shape index (κ2) is 8.43. The highest BCUT2D eigenvalue weighted by molar-refractivity contribution is 5.03. The molecule has 3 heterocycles. The van der Waals surface area contributed by atoms with E-state index in [4.69, 9.17) is 13.7 Å². The van der Waals surface area contributed by atoms with Gasteiger partial charge in [-0.3, -0.25) is 9.80 Å². The molecular formula is C17H25N3O4. The lowest BCUT2D eigenvalue weighted by atomic mass is 10.2. The average Bonchev–Trinajstić information content (AvgIpc) is 3.21. The molecule has 1 fully saturated rings. The summed E-state index contributed by atoms with van der Waals surface area (Å²) in [6, 6.07) is 5.67. The standard InChI is InChI=1S/C17H25N3O4/c1-14-9-15(18-24-14)10-19-4-6-20(7-5-19)11-16(21)12-22-13-17-3-2-8-23-17/h2-3,8-9,16,21H,4-7,10-13H2,1H3. The molecule has 7 heteroatoms. The van der Waals surface area contributed by atoms with E-state index in [9.17, 15) is 5.11 Å². The lowest BCUT2D eigenvalue weighted by Crippen LogP contribution is -2.48. The summed E-state index contributed by atoms with van der Waals surface area (Å²) in [4.78, 5) is 4.62. The zero-order valence-corrected chi connectivity index (χ0v) is 14.1. The fraction of sp³-hybridized carbons (Fsp3) is 0.588. The molecule has 0 amide bonds. The number of aliphatic hydroxyl groups excluding tert-OH is 1. The minimum Gasteiger partial charge on any atom is -0.467 e. The first-order valence-electron chi connectivity index (χ1n) is 8.34. The van der Waals surface area contributed by atoms with Crippen LogP contribution in [0.3, 0.4) is 0 Å². The van der Waals surface area contributed by atoms with Crippen molar-refractivity contribution in [3.05, 3.63) is 41.7 Å². The van der Waals surface area contributed by atoms with Crippen LogP contribution < -0.4 is 0 Å². The van der Waals surface area contributed by atoms with Crippen LogP contribution in [0.1, 0.15) is 17.2 Å². The van der Waals surface area contributed by atoms with Crippen molar-refractivity contribution in [2.24, 2.45) is 0 Å². The Morgan fingerprint density at radius 3 is 2.75 bits per heavy atom. The fourth-order valence-corrected chi connectivity index (χ4v) is 2.89. The summed E-state index contributed by atoms with van der Waals surface area (Å²) < 4.78 is 15.8. The van der Waals surface area contributed by atoms with E-state index in [1.165, 1.54) is 0 Å². The topological polar surface area (TPSA) is 75.1 Å². The van der Waals surface area contributed by atoms with Gasteiger partial charge in [0.05, 0.1) is 24.7 Å². The van der Waals surface area contributed by atoms with Gasteiger partial charge >= 0.3 is 0 Å². The highest BCUT2D eigenvalue weighted by Gasteiger charge is 2.20. The molecule has 1 N–H and O–H groups in total. The molecule has 0 aromatic carbocycles. The molecule has 132 valence electrons. The van der Waals surface area contributed by atoms with Gasteiger partial charge in [-0.25, -0.2) is 0 Å². The maximum Gasteiger partial charge on any atom is 0.133 e. The molecule has 0 aliphatic carbocycles. The van der Waals surface area contributed by atoms with Gasteiger partial charge in [-0.1, -0.05) is 5.16 Å². The second-order valence-electron chi connectivity index (χ2n) is 6.25. The van der Waals surface area contributed by atoms with Gasteiger partial charge in [0.1, 0.15) is 18.1 Å². The van der Waals surface area contributed by atoms with Crippen LogP contribution in [-0.4, -0.2) is 65.5 Å². The summed E-state index contributed by atoms with van der Waals surface area (Å²) in [5.41, 5.74) is 0.979. The minimum absolute atomic E-state index is 0.319. The monoisotopic (exact) mass is 335 g/mol. The molecule has 1 aliphatic rings. The molecule has 1 unspecified atom stereocenters. The summed E-state index contributed by atoms with van der Waals surface area (Å²) in [5.74, 6) is 1.63. The van der Waals surface area contributed by atoms with Crippen molar-refractivity contribution in [1.29, 1.82) is 0 Å². The molecule has 24 heavy (non-hydrogen) atoms. The molecule has 2 aromatic rings. The van der Waals surface area contributed by atoms with Crippen LogP contribution in [0.4, 0.5) is 0 Å². The number of aliphatic hydroxyl groups is 1. The first kappa shape index (κ1) is 17.2. The number of piperazine rings is 1. The number of aromatic nitrogens is 1. The summed E-state index contributed by atoms with van der Waals surface area (Å²) in [7, 11) is 0. The Morgan fingerprint density at radius 1 is 1.29 bits per heavy atom. The fourth-order valence-electron chi connectivity index (χ4n) is 2.89. The molecular weight excluding hydrogens is 310 g/mol. The maximum atomic E-state index is 10.1. The van der Waals surface area contributed by atoms with Crippen molar-refractivity contribution in [2.75, 3.05) is 39.3 Å². The van der Waals surface area contributed by atoms with Gasteiger partial charge in [0.25, 0.3) is 0 Å². The van der Waals surface area contributed by atoms with Crippen molar-refractivity contribution in [3.8, 4) is 0 Å². The van der Waals surface area contributed by atoms with Crippen molar-refractivity contribution in [3.63, 3.8) is 0 Å². The van der Waals surface area contributed by atoms with E-state index in [-0.39, 0.29) is 0 Å². The van der Waals surface area contributed by atoms with Gasteiger partial charge < -0.3 is 18.8 Å². The average molecular weight is 335 g/mol. The minimum atomic E-state index is -0.482. The van der Waals surface area contributed by atoms with E-state index in [2.05, 4.69) is 15.0 Å². The Morgan fingerprint density at radius 2 is 2.08 bits per heavy atom. The van der Waals surface area contributed by atoms with Crippen molar-refractivity contribution in [2.45, 2.75) is 26.2 Å². The number of β-amino-alcohol motifs (C(OH)–C–C–N with tert-alkyl or cyclic N) is 1. The Balaban J connectivity index is 1.31. The first-order chi connectivity index (χ1) is 11.7. The molecule has 0 saturated carbocycles. The number of hydrogen-bond acceptors (Lipinski definition) is 7. The summed E-state index contributed by atoms with van der Waals surface area (Å²) in [5, 5.41) is 14.1. The van der Waals surface area contributed by atoms with Gasteiger partial charge in [0, 0.05) is 45.3 Å². The van der Waals surface area contributed by atoms with E-state index < -0.39 is 6.10 Å². The van der Waals surface area contributed by atoms with Crippen LogP contribution in [-0.2, 0) is 17.9 Å². The number of ether oxygens (including phenoxy) is 1. The zero-order chi connectivity index (χ0) is 16.8. The summed E-state index contributed by atoms with van der Waals surface area (Å²) in [6.45, 7) is 7.88. The summed E-state index contributed by atoms with van der Waals surface area (Å²) in [6.07, 6.45) is 1.14. The van der Waals surface area contributed by atoms with Crippen molar-refractivity contribution < 1.29 is 18.8 Å². The summed E-state index contributed by atoms with van der Waals surface area (Å²) >= 11 is 0. The SMILES string of the molecule is Cc1cc(CN2CCN(CC(O)COCc3ccco3)CC2)no1. The first-order valence-corrected chi connectivity index (χ1v) is 8.34. The van der Waals surface area contributed by atoms with E-state index >= 15 is 0 Å². The van der Waals surface area contributed by atoms with Gasteiger partial charge in [-0.15, -0.1) is 0 Å². The van der Waals surface area contributed by atoms with Crippen LogP contribution in [0.15, 0.2) is 33.4 Å². The van der Waals surface area contributed by atoms with Gasteiger partial charge in [0.15, 0.2) is 0 Å². The molecule has 0 spiro atoms. The quantitative estimate of drug-likeness (QED) is 0.778. The molecule has 7 nitrogen and oxygen atoms in total. The van der Waals surface area contributed by atoms with Crippen LogP contribution in [0, 0.1) is 6.92 Å². The van der Waals surface area contributed by atoms with Crippen molar-refractivity contribution in [1.82, 2.24) is 15.0 Å². The predicted molar refractivity (Wildman–Crippen MR) is 87.3 cm³/mol. The molecule has 2 aromatic heterocycles. The third-order valence-corrected chi connectivity index (χ3v) is 4.13. The third kappa shape index (κ3) is 5.17. The molecule has 1 aliphatic heterocycles. The predicted octanol–water partition coefficient (Wildman–Crippen LogP) is 1.27. The highest BCUT2D eigenvalue weighted by Crippen LogP contribution is 2.10. The Hall–Kier alpha value is -1.67. The zero-order valence-electron chi connectivity index (χ0n) is 14.1. The number of rotatable bonds is 8. The van der Waals surface area contributed by atoms with Crippen LogP contribution in [0.25, 0.3) is 0 Å². The van der Waals surface area contributed by atoms with Gasteiger partial charge in [0.2, 0.25) is 0 Å². The molecule has 1 atom stereocenters. The van der Waals surface area contributed by atoms with Gasteiger partial charge in [-0.05, 0) is 19.1 Å². The normalized spacial score (nSPS) is 18.1. The van der Waals surface area contributed by atoms with Crippen molar-refractivity contribution >= 4 is 0 Å². The molecule has 0 bridgehead atoms. The Kier molecular flexibility index (Phi) is 6.03. The number of nitrogens with zero attached hydrogens (tertiary/aromatic N) is 3. The number of hydrogen-bond donors (Lipinski definition) is 1. The second-order valence-corrected chi connectivity index (χ2v) is 6.25. The van der Waals surface area contributed by atoms with Crippen LogP contribution >= 0.6 is 0 Å². The molecule has 1 saturated heterocycles. The lowest BCUT2D eigenvalue weighted by Gasteiger charge is -2.35. The lowest BCUT2D eigenvalue weighted by molar-refractivity contribution is -0.00319. The Labute approximate surface area is 141 Å². The highest BCUT2D eigenvalue weighted by atomic mass is 16.5. The van der Waals surface area contributed by atoms with E-state index in [0.717, 1.165) is 49.9 Å². The van der Waals surface area contributed by atoms with Crippen LogP contribution in [0.5, 0.6) is 0 Å². The smallest absolute Gasteiger partial charge is 0.133 e. The third-order valence-electron chi connectivity index (χ3n) is 4.13. The van der Waals surface area contributed by atoms with Gasteiger partial charge in [-0.2, -0.15) is 0 Å².